The molecule has 0 radical (unpaired) electrons. The van der Waals surface area contributed by atoms with E-state index in [-0.39, 0.29) is 17.2 Å². The predicted octanol–water partition coefficient (Wildman–Crippen LogP) is 3.46. The number of halogens is 1. The van der Waals surface area contributed by atoms with Crippen LogP contribution in [0.2, 0.25) is 5.02 Å². The Bertz CT molecular complexity index is 1420. The highest BCUT2D eigenvalue weighted by Crippen LogP contribution is 2.31. The van der Waals surface area contributed by atoms with Crippen molar-refractivity contribution in [2.75, 3.05) is 13.1 Å². The number of nitrogens with zero attached hydrogens (tertiary/aromatic N) is 3. The molecule has 0 bridgehead atoms. The molecule has 0 aliphatic carbocycles. The van der Waals surface area contributed by atoms with Gasteiger partial charge in [0.1, 0.15) is 5.75 Å². The molecule has 1 atom stereocenters. The number of hydrogen-bond donors (Lipinski definition) is 1. The largest absolute Gasteiger partial charge is 0.508 e. The van der Waals surface area contributed by atoms with E-state index in [0.717, 1.165) is 5.56 Å². The fraction of sp³-hybridized carbons (Fsp3) is 0.240. The van der Waals surface area contributed by atoms with Gasteiger partial charge in [0.2, 0.25) is 0 Å². The van der Waals surface area contributed by atoms with E-state index in [1.807, 2.05) is 39.0 Å². The molecule has 4 rings (SSSR count). The first-order valence-corrected chi connectivity index (χ1v) is 11.9. The summed E-state index contributed by atoms with van der Waals surface area (Å²) in [5, 5.41) is 10.4. The summed E-state index contributed by atoms with van der Waals surface area (Å²) >= 11 is 7.38. The van der Waals surface area contributed by atoms with Gasteiger partial charge in [0.25, 0.3) is 11.5 Å². The van der Waals surface area contributed by atoms with E-state index in [1.54, 1.807) is 45.9 Å². The van der Waals surface area contributed by atoms with Gasteiger partial charge < -0.3 is 10.0 Å². The lowest BCUT2D eigenvalue weighted by Gasteiger charge is -2.29. The summed E-state index contributed by atoms with van der Waals surface area (Å²) < 4.78 is 2.06. The van der Waals surface area contributed by atoms with Crippen molar-refractivity contribution in [1.82, 2.24) is 9.47 Å². The number of likely N-dealkylation sites (N-methyl/N-ethyl adjacent to an activating group) is 1. The lowest BCUT2D eigenvalue weighted by atomic mass is 9.94. The van der Waals surface area contributed by atoms with Crippen molar-refractivity contribution >= 4 is 34.9 Å². The highest BCUT2D eigenvalue weighted by Gasteiger charge is 2.34. The highest BCUT2D eigenvalue weighted by molar-refractivity contribution is 7.07. The molecule has 6 nitrogen and oxygen atoms in total. The summed E-state index contributed by atoms with van der Waals surface area (Å²) in [5.74, 6) is -0.0121. The minimum absolute atomic E-state index is 0.124. The third-order valence-electron chi connectivity index (χ3n) is 5.66. The van der Waals surface area contributed by atoms with Crippen LogP contribution in [0, 0.1) is 0 Å². The zero-order valence-corrected chi connectivity index (χ0v) is 20.2. The van der Waals surface area contributed by atoms with Crippen molar-refractivity contribution < 1.29 is 9.90 Å². The number of carbonyl (C=O) groups excluding carboxylic acids is 1. The molecular weight excluding hydrogens is 458 g/mol. The number of carbonyl (C=O) groups is 1. The molecule has 1 aliphatic heterocycles. The summed E-state index contributed by atoms with van der Waals surface area (Å²) in [5.41, 5.74) is 2.33. The Labute approximate surface area is 200 Å². The Balaban J connectivity index is 1.96. The van der Waals surface area contributed by atoms with Crippen LogP contribution in [0.15, 0.2) is 69.6 Å². The summed E-state index contributed by atoms with van der Waals surface area (Å²) in [6, 6.07) is 13.3. The number of hydrogen-bond acceptors (Lipinski definition) is 5. The molecule has 2 heterocycles. The number of thiazole rings is 1. The fourth-order valence-electron chi connectivity index (χ4n) is 4.00. The molecule has 170 valence electrons. The van der Waals surface area contributed by atoms with E-state index < -0.39 is 6.04 Å². The highest BCUT2D eigenvalue weighted by atomic mass is 35.5. The van der Waals surface area contributed by atoms with Crippen LogP contribution in [-0.4, -0.2) is 33.6 Å². The lowest BCUT2D eigenvalue weighted by Crippen LogP contribution is -2.43. The van der Waals surface area contributed by atoms with Crippen LogP contribution in [0.4, 0.5) is 0 Å². The molecule has 0 fully saturated rings. The van der Waals surface area contributed by atoms with E-state index in [9.17, 15) is 14.7 Å². The topological polar surface area (TPSA) is 74.9 Å². The number of fused-ring (bicyclic) bond motifs is 1. The van der Waals surface area contributed by atoms with Gasteiger partial charge in [-0.3, -0.25) is 14.2 Å². The zero-order chi connectivity index (χ0) is 23.7. The number of benzene rings is 2. The minimum Gasteiger partial charge on any atom is -0.508 e. The van der Waals surface area contributed by atoms with Gasteiger partial charge in [-0.1, -0.05) is 47.2 Å². The minimum atomic E-state index is -0.613. The average molecular weight is 482 g/mol. The first-order chi connectivity index (χ1) is 15.8. The maximum atomic E-state index is 13.6. The SMILES string of the molecule is CCN(CC)C(=O)C1=C(C)N=c2s/c(=C/c3cccc(O)c3)c(=O)n2[C@@H]1c1ccc(Cl)cc1. The number of rotatable bonds is 5. The molecule has 1 amide bonds. The van der Waals surface area contributed by atoms with Crippen molar-refractivity contribution in [2.24, 2.45) is 4.99 Å². The number of allylic oxidation sites excluding steroid dienone is 1. The zero-order valence-electron chi connectivity index (χ0n) is 18.6. The van der Waals surface area contributed by atoms with Crippen molar-refractivity contribution in [3.63, 3.8) is 0 Å². The van der Waals surface area contributed by atoms with Crippen LogP contribution in [0.1, 0.15) is 37.9 Å². The second-order valence-electron chi connectivity index (χ2n) is 7.71. The van der Waals surface area contributed by atoms with Gasteiger partial charge in [0, 0.05) is 18.1 Å². The number of phenols is 1. The molecule has 0 saturated heterocycles. The Morgan fingerprint density at radius 3 is 2.55 bits per heavy atom. The van der Waals surface area contributed by atoms with Crippen LogP contribution in [-0.2, 0) is 4.79 Å². The van der Waals surface area contributed by atoms with Gasteiger partial charge in [-0.25, -0.2) is 4.99 Å². The van der Waals surface area contributed by atoms with Gasteiger partial charge in [-0.15, -0.1) is 0 Å². The van der Waals surface area contributed by atoms with Crippen molar-refractivity contribution in [2.45, 2.75) is 26.8 Å². The molecule has 0 saturated carbocycles. The molecule has 33 heavy (non-hydrogen) atoms. The second-order valence-corrected chi connectivity index (χ2v) is 9.15. The lowest BCUT2D eigenvalue weighted by molar-refractivity contribution is -0.127. The summed E-state index contributed by atoms with van der Waals surface area (Å²) in [4.78, 5) is 34.0. The van der Waals surface area contributed by atoms with Crippen LogP contribution < -0.4 is 14.9 Å². The quantitative estimate of drug-likeness (QED) is 0.606. The monoisotopic (exact) mass is 481 g/mol. The molecule has 3 aromatic rings. The van der Waals surface area contributed by atoms with Crippen molar-refractivity contribution in [3.05, 3.63) is 95.6 Å². The van der Waals surface area contributed by atoms with Crippen molar-refractivity contribution in [1.29, 1.82) is 0 Å². The van der Waals surface area contributed by atoms with Gasteiger partial charge in [0.05, 0.1) is 21.8 Å². The van der Waals surface area contributed by atoms with Gasteiger partial charge in [-0.2, -0.15) is 0 Å². The van der Waals surface area contributed by atoms with Gasteiger partial charge in [-0.05, 0) is 62.2 Å². The van der Waals surface area contributed by atoms with E-state index in [1.165, 1.54) is 11.3 Å². The van der Waals surface area contributed by atoms with E-state index in [4.69, 9.17) is 11.6 Å². The average Bonchev–Trinajstić information content (AvgIpc) is 3.08. The molecule has 1 aromatic heterocycles. The Morgan fingerprint density at radius 1 is 1.21 bits per heavy atom. The standard InChI is InChI=1S/C25H24ClN3O3S/c1-4-28(5-2)24(32)21-15(3)27-25-29(22(21)17-9-11-18(26)12-10-17)23(31)20(33-25)14-16-7-6-8-19(30)13-16/h6-14,22,30H,4-5H2,1-3H3/b20-14+/t22-/m1/s1. The molecule has 0 spiro atoms. The Hall–Kier alpha value is -3.16. The molecule has 1 N–H and O–H groups in total. The predicted molar refractivity (Wildman–Crippen MR) is 131 cm³/mol. The van der Waals surface area contributed by atoms with Crippen LogP contribution >= 0.6 is 22.9 Å². The van der Waals surface area contributed by atoms with Crippen LogP contribution in [0.25, 0.3) is 6.08 Å². The normalized spacial score (nSPS) is 15.9. The molecular formula is C25H24ClN3O3S. The van der Waals surface area contributed by atoms with E-state index in [2.05, 4.69) is 4.99 Å². The number of aromatic nitrogens is 1. The fourth-order valence-corrected chi connectivity index (χ4v) is 5.18. The van der Waals surface area contributed by atoms with E-state index in [0.29, 0.717) is 44.3 Å². The maximum Gasteiger partial charge on any atom is 0.271 e. The number of amides is 1. The number of phenolic OH excluding ortho intramolecular Hbond substituents is 1. The molecule has 8 heteroatoms. The van der Waals surface area contributed by atoms with Crippen LogP contribution in [0.3, 0.4) is 0 Å². The van der Waals surface area contributed by atoms with E-state index >= 15 is 0 Å². The molecule has 1 aliphatic rings. The summed E-state index contributed by atoms with van der Waals surface area (Å²) in [7, 11) is 0. The molecule has 2 aromatic carbocycles. The molecule has 0 unspecified atom stereocenters. The Kier molecular flexibility index (Phi) is 6.54. The second kappa shape index (κ2) is 9.37. The third kappa shape index (κ3) is 4.38. The van der Waals surface area contributed by atoms with Crippen molar-refractivity contribution in [3.8, 4) is 5.75 Å². The Morgan fingerprint density at radius 2 is 1.91 bits per heavy atom. The first kappa shape index (κ1) is 23.0. The summed E-state index contributed by atoms with van der Waals surface area (Å²) in [6.45, 7) is 6.78. The first-order valence-electron chi connectivity index (χ1n) is 10.7. The van der Waals surface area contributed by atoms with Gasteiger partial charge in [0.15, 0.2) is 4.80 Å². The summed E-state index contributed by atoms with van der Waals surface area (Å²) in [6.07, 6.45) is 1.73. The third-order valence-corrected chi connectivity index (χ3v) is 6.89. The number of aromatic hydroxyl groups is 1. The smallest absolute Gasteiger partial charge is 0.271 e. The van der Waals surface area contributed by atoms with Gasteiger partial charge >= 0.3 is 0 Å². The maximum absolute atomic E-state index is 13.6. The van der Waals surface area contributed by atoms with Crippen LogP contribution in [0.5, 0.6) is 5.75 Å².